The van der Waals surface area contributed by atoms with E-state index in [2.05, 4.69) is 15.9 Å². The second kappa shape index (κ2) is 3.72. The molecule has 0 spiro atoms. The first-order valence-corrected chi connectivity index (χ1v) is 4.72. The van der Waals surface area contributed by atoms with E-state index in [1.807, 2.05) is 13.0 Å². The summed E-state index contributed by atoms with van der Waals surface area (Å²) in [5, 5.41) is 0.803. The van der Waals surface area contributed by atoms with Gasteiger partial charge in [0.1, 0.15) is 0 Å². The van der Waals surface area contributed by atoms with Crippen molar-refractivity contribution < 1.29 is 4.79 Å². The monoisotopic (exact) mass is 227 g/mol. The summed E-state index contributed by atoms with van der Waals surface area (Å²) in [6.45, 7) is 1.96. The van der Waals surface area contributed by atoms with Crippen LogP contribution in [0.1, 0.15) is 21.5 Å². The third-order valence-electron chi connectivity index (χ3n) is 1.77. The molecule has 0 saturated heterocycles. The second-order valence-corrected chi connectivity index (χ2v) is 3.20. The number of carbonyl (C=O) groups is 1. The number of halogens is 1. The zero-order valence-electron chi connectivity index (χ0n) is 6.80. The number of hydrogen-bond acceptors (Lipinski definition) is 1. The largest absolute Gasteiger partial charge is 0.366 e. The highest BCUT2D eigenvalue weighted by Crippen LogP contribution is 2.13. The van der Waals surface area contributed by atoms with Gasteiger partial charge in [-0.15, -0.1) is 0 Å². The molecule has 1 aromatic carbocycles. The molecule has 0 unspecified atom stereocenters. The van der Waals surface area contributed by atoms with Crippen LogP contribution in [0.2, 0.25) is 0 Å². The molecule has 0 radical (unpaired) electrons. The number of carbonyl (C=O) groups excluding carboxylic acids is 1. The quantitative estimate of drug-likeness (QED) is 0.773. The number of aryl methyl sites for hydroxylation is 1. The van der Waals surface area contributed by atoms with Crippen molar-refractivity contribution in [1.29, 1.82) is 0 Å². The van der Waals surface area contributed by atoms with Crippen molar-refractivity contribution in [3.63, 3.8) is 0 Å². The Balaban J connectivity index is 3.10. The van der Waals surface area contributed by atoms with Crippen molar-refractivity contribution in [3.05, 3.63) is 34.9 Å². The van der Waals surface area contributed by atoms with Crippen LogP contribution >= 0.6 is 15.9 Å². The zero-order valence-corrected chi connectivity index (χ0v) is 8.39. The van der Waals surface area contributed by atoms with Crippen LogP contribution in [0.25, 0.3) is 0 Å². The van der Waals surface area contributed by atoms with E-state index >= 15 is 0 Å². The molecule has 0 saturated carbocycles. The zero-order chi connectivity index (χ0) is 9.14. The molecule has 0 atom stereocenters. The molecular formula is C9H10BrNO. The molecule has 1 amide bonds. The Labute approximate surface area is 79.9 Å². The van der Waals surface area contributed by atoms with Crippen LogP contribution < -0.4 is 5.73 Å². The third kappa shape index (κ3) is 1.85. The summed E-state index contributed by atoms with van der Waals surface area (Å²) in [6, 6.07) is 5.45. The smallest absolute Gasteiger partial charge is 0.248 e. The van der Waals surface area contributed by atoms with Gasteiger partial charge in [-0.05, 0) is 30.2 Å². The lowest BCUT2D eigenvalue weighted by atomic mass is 10.1. The van der Waals surface area contributed by atoms with Crippen LogP contribution in [-0.4, -0.2) is 5.91 Å². The van der Waals surface area contributed by atoms with Crippen molar-refractivity contribution in [3.8, 4) is 0 Å². The van der Waals surface area contributed by atoms with E-state index in [4.69, 9.17) is 5.73 Å². The minimum Gasteiger partial charge on any atom is -0.366 e. The second-order valence-electron chi connectivity index (χ2n) is 2.64. The van der Waals surface area contributed by atoms with Gasteiger partial charge < -0.3 is 5.73 Å². The maximum absolute atomic E-state index is 10.8. The number of rotatable bonds is 2. The first-order chi connectivity index (χ1) is 5.65. The lowest BCUT2D eigenvalue weighted by molar-refractivity contribution is 0.1000. The van der Waals surface area contributed by atoms with Gasteiger partial charge in [0.2, 0.25) is 5.91 Å². The molecule has 0 aliphatic rings. The lowest BCUT2D eigenvalue weighted by Gasteiger charge is -2.02. The molecule has 1 aromatic rings. The maximum Gasteiger partial charge on any atom is 0.248 e. The average Bonchev–Trinajstić information content (AvgIpc) is 2.04. The van der Waals surface area contributed by atoms with E-state index in [0.29, 0.717) is 5.56 Å². The molecule has 0 aliphatic carbocycles. The van der Waals surface area contributed by atoms with Gasteiger partial charge in [-0.3, -0.25) is 4.79 Å². The Morgan fingerprint density at radius 2 is 2.25 bits per heavy atom. The summed E-state index contributed by atoms with van der Waals surface area (Å²) >= 11 is 3.35. The van der Waals surface area contributed by atoms with E-state index in [1.54, 1.807) is 12.1 Å². The third-order valence-corrected chi connectivity index (χ3v) is 2.38. The SMILES string of the molecule is Cc1cc(C(N)=O)ccc1CBr. The molecule has 0 heterocycles. The molecule has 3 heteroatoms. The molecule has 2 nitrogen and oxygen atoms in total. The van der Waals surface area contributed by atoms with Crippen molar-refractivity contribution >= 4 is 21.8 Å². The summed E-state index contributed by atoms with van der Waals surface area (Å²) < 4.78 is 0. The molecule has 12 heavy (non-hydrogen) atoms. The van der Waals surface area contributed by atoms with Gasteiger partial charge in [-0.25, -0.2) is 0 Å². The summed E-state index contributed by atoms with van der Waals surface area (Å²) in [6.07, 6.45) is 0. The van der Waals surface area contributed by atoms with E-state index in [1.165, 1.54) is 5.56 Å². The molecule has 0 bridgehead atoms. The molecule has 0 aromatic heterocycles. The molecule has 64 valence electrons. The Morgan fingerprint density at radius 3 is 2.67 bits per heavy atom. The summed E-state index contributed by atoms with van der Waals surface area (Å²) in [7, 11) is 0. The van der Waals surface area contributed by atoms with Crippen molar-refractivity contribution in [2.24, 2.45) is 5.73 Å². The number of primary amides is 1. The Morgan fingerprint density at radius 1 is 1.58 bits per heavy atom. The van der Waals surface area contributed by atoms with Gasteiger partial charge in [-0.1, -0.05) is 22.0 Å². The topological polar surface area (TPSA) is 43.1 Å². The van der Waals surface area contributed by atoms with Gasteiger partial charge in [0.25, 0.3) is 0 Å². The number of nitrogens with two attached hydrogens (primary N) is 1. The normalized spacial score (nSPS) is 9.83. The first kappa shape index (κ1) is 9.26. The molecule has 0 fully saturated rings. The summed E-state index contributed by atoms with van der Waals surface area (Å²) in [4.78, 5) is 10.8. The highest BCUT2D eigenvalue weighted by Gasteiger charge is 2.02. The van der Waals surface area contributed by atoms with Crippen molar-refractivity contribution in [2.75, 3.05) is 0 Å². The fourth-order valence-electron chi connectivity index (χ4n) is 0.999. The van der Waals surface area contributed by atoms with Gasteiger partial charge >= 0.3 is 0 Å². The molecular weight excluding hydrogens is 218 g/mol. The predicted octanol–water partition coefficient (Wildman–Crippen LogP) is 1.99. The minimum atomic E-state index is -0.376. The van der Waals surface area contributed by atoms with E-state index < -0.39 is 0 Å². The Bertz CT molecular complexity index is 309. The van der Waals surface area contributed by atoms with Gasteiger partial charge in [-0.2, -0.15) is 0 Å². The number of benzene rings is 1. The molecule has 1 rings (SSSR count). The number of alkyl halides is 1. The Kier molecular flexibility index (Phi) is 2.87. The van der Waals surface area contributed by atoms with E-state index in [0.717, 1.165) is 10.9 Å². The lowest BCUT2D eigenvalue weighted by Crippen LogP contribution is -2.11. The van der Waals surface area contributed by atoms with E-state index in [9.17, 15) is 4.79 Å². The van der Waals surface area contributed by atoms with Gasteiger partial charge in [0, 0.05) is 10.9 Å². The standard InChI is InChI=1S/C9H10BrNO/c1-6-4-7(9(11)12)2-3-8(6)5-10/h2-4H,5H2,1H3,(H2,11,12). The predicted molar refractivity (Wildman–Crippen MR) is 52.3 cm³/mol. The fourth-order valence-corrected chi connectivity index (χ4v) is 1.63. The van der Waals surface area contributed by atoms with Gasteiger partial charge in [0.15, 0.2) is 0 Å². The average molecular weight is 228 g/mol. The van der Waals surface area contributed by atoms with Crippen LogP contribution in [0.3, 0.4) is 0 Å². The number of hydrogen-bond donors (Lipinski definition) is 1. The highest BCUT2D eigenvalue weighted by atomic mass is 79.9. The molecule has 0 aliphatic heterocycles. The van der Waals surface area contributed by atoms with Crippen LogP contribution in [0, 0.1) is 6.92 Å². The maximum atomic E-state index is 10.8. The minimum absolute atomic E-state index is 0.376. The number of amides is 1. The van der Waals surface area contributed by atoms with Crippen molar-refractivity contribution in [1.82, 2.24) is 0 Å². The summed E-state index contributed by atoms with van der Waals surface area (Å²) in [5.41, 5.74) is 7.96. The first-order valence-electron chi connectivity index (χ1n) is 3.60. The molecule has 2 N–H and O–H groups in total. The fraction of sp³-hybridized carbons (Fsp3) is 0.222. The van der Waals surface area contributed by atoms with Crippen LogP contribution in [0.4, 0.5) is 0 Å². The summed E-state index contributed by atoms with van der Waals surface area (Å²) in [5.74, 6) is -0.376. The van der Waals surface area contributed by atoms with E-state index in [-0.39, 0.29) is 5.91 Å². The van der Waals surface area contributed by atoms with Crippen LogP contribution in [0.5, 0.6) is 0 Å². The highest BCUT2D eigenvalue weighted by molar-refractivity contribution is 9.08. The van der Waals surface area contributed by atoms with Crippen molar-refractivity contribution in [2.45, 2.75) is 12.3 Å². The van der Waals surface area contributed by atoms with Crippen LogP contribution in [-0.2, 0) is 5.33 Å². The Hall–Kier alpha value is -0.830. The van der Waals surface area contributed by atoms with Crippen LogP contribution in [0.15, 0.2) is 18.2 Å². The van der Waals surface area contributed by atoms with Gasteiger partial charge in [0.05, 0.1) is 0 Å².